The molecule has 0 aliphatic carbocycles. The predicted octanol–water partition coefficient (Wildman–Crippen LogP) is 2.69. The van der Waals surface area contributed by atoms with Crippen molar-refractivity contribution in [2.75, 3.05) is 19.0 Å². The fraction of sp³-hybridized carbons (Fsp3) is 0.263. The second-order valence-electron chi connectivity index (χ2n) is 6.30. The molecule has 6 nitrogen and oxygen atoms in total. The number of hydrogen-bond donors (Lipinski definition) is 3. The molecule has 8 heteroatoms. The van der Waals surface area contributed by atoms with E-state index in [2.05, 4.69) is 16.0 Å². The fourth-order valence-electron chi connectivity index (χ4n) is 3.03. The molecule has 142 valence electrons. The summed E-state index contributed by atoms with van der Waals surface area (Å²) in [6, 6.07) is 7.42. The molecule has 0 bridgehead atoms. The number of urea groups is 1. The molecule has 1 heterocycles. The van der Waals surface area contributed by atoms with Gasteiger partial charge in [-0.25, -0.2) is 13.6 Å². The third-order valence-electron chi connectivity index (χ3n) is 4.44. The van der Waals surface area contributed by atoms with E-state index in [4.69, 9.17) is 4.74 Å². The molecule has 1 saturated heterocycles. The van der Waals surface area contributed by atoms with Crippen LogP contribution >= 0.6 is 0 Å². The van der Waals surface area contributed by atoms with Gasteiger partial charge in [0, 0.05) is 35.8 Å². The number of aryl methyl sites for hydroxylation is 1. The topological polar surface area (TPSA) is 79.5 Å². The minimum atomic E-state index is -1.10. The molecule has 1 fully saturated rings. The van der Waals surface area contributed by atoms with Crippen molar-refractivity contribution in [1.29, 1.82) is 0 Å². The minimum Gasteiger partial charge on any atom is -0.497 e. The van der Waals surface area contributed by atoms with Crippen molar-refractivity contribution >= 4 is 17.6 Å². The molecule has 3 rings (SSSR count). The van der Waals surface area contributed by atoms with Gasteiger partial charge in [0.15, 0.2) is 0 Å². The van der Waals surface area contributed by atoms with Crippen molar-refractivity contribution in [2.45, 2.75) is 18.9 Å². The number of hydrogen-bond acceptors (Lipinski definition) is 3. The molecule has 0 spiro atoms. The van der Waals surface area contributed by atoms with Gasteiger partial charge in [0.2, 0.25) is 5.91 Å². The summed E-state index contributed by atoms with van der Waals surface area (Å²) in [5, 5.41) is 7.63. The van der Waals surface area contributed by atoms with Gasteiger partial charge in [-0.1, -0.05) is 17.7 Å². The lowest BCUT2D eigenvalue weighted by molar-refractivity contribution is -0.120. The molecule has 3 amide bonds. The maximum atomic E-state index is 14.4. The van der Waals surface area contributed by atoms with Crippen LogP contribution in [0.2, 0.25) is 0 Å². The highest BCUT2D eigenvalue weighted by atomic mass is 19.1. The van der Waals surface area contributed by atoms with Gasteiger partial charge in [-0.2, -0.15) is 0 Å². The Kier molecular flexibility index (Phi) is 5.25. The van der Waals surface area contributed by atoms with Crippen molar-refractivity contribution in [2.24, 2.45) is 0 Å². The number of rotatable bonds is 4. The van der Waals surface area contributed by atoms with E-state index < -0.39 is 35.5 Å². The quantitative estimate of drug-likeness (QED) is 0.769. The standard InChI is InChI=1S/C19H19F2N3O3/c1-10-3-5-11(6-4-10)23-19(26)24-17-13(9-22-18(17)25)16-14(20)7-12(27-2)8-15(16)21/h3-8,13,17H,9H2,1-2H3,(H,22,25)(H2,23,24,26)/t13-,17+/m0/s1. The van der Waals surface area contributed by atoms with E-state index in [1.54, 1.807) is 12.1 Å². The third-order valence-corrected chi connectivity index (χ3v) is 4.44. The number of ether oxygens (including phenoxy) is 1. The molecule has 3 N–H and O–H groups in total. The average molecular weight is 375 g/mol. The highest BCUT2D eigenvalue weighted by Crippen LogP contribution is 2.31. The van der Waals surface area contributed by atoms with Crippen LogP contribution in [0.25, 0.3) is 0 Å². The van der Waals surface area contributed by atoms with Gasteiger partial charge in [0.25, 0.3) is 0 Å². The summed E-state index contributed by atoms with van der Waals surface area (Å²) in [6.07, 6.45) is 0. The van der Waals surface area contributed by atoms with Gasteiger partial charge in [-0.15, -0.1) is 0 Å². The van der Waals surface area contributed by atoms with Gasteiger partial charge in [-0.3, -0.25) is 4.79 Å². The van der Waals surface area contributed by atoms with Crippen molar-refractivity contribution in [1.82, 2.24) is 10.6 Å². The van der Waals surface area contributed by atoms with Gasteiger partial charge >= 0.3 is 6.03 Å². The van der Waals surface area contributed by atoms with Crippen LogP contribution in [-0.2, 0) is 4.79 Å². The van der Waals surface area contributed by atoms with E-state index in [-0.39, 0.29) is 17.9 Å². The molecule has 2 aromatic rings. The van der Waals surface area contributed by atoms with E-state index in [1.165, 1.54) is 7.11 Å². The highest BCUT2D eigenvalue weighted by molar-refractivity contribution is 5.95. The number of amides is 3. The maximum Gasteiger partial charge on any atom is 0.319 e. The highest BCUT2D eigenvalue weighted by Gasteiger charge is 2.40. The minimum absolute atomic E-state index is 0.00841. The van der Waals surface area contributed by atoms with Crippen LogP contribution in [0.15, 0.2) is 36.4 Å². The van der Waals surface area contributed by atoms with Crippen molar-refractivity contribution in [3.05, 3.63) is 59.2 Å². The summed E-state index contributed by atoms with van der Waals surface area (Å²) in [6.45, 7) is 1.92. The Morgan fingerprint density at radius 1 is 1.19 bits per heavy atom. The summed E-state index contributed by atoms with van der Waals surface area (Å²) < 4.78 is 33.6. The Morgan fingerprint density at radius 3 is 2.41 bits per heavy atom. The van der Waals surface area contributed by atoms with E-state index >= 15 is 0 Å². The van der Waals surface area contributed by atoms with Gasteiger partial charge in [0.1, 0.15) is 23.4 Å². The maximum absolute atomic E-state index is 14.4. The summed E-state index contributed by atoms with van der Waals surface area (Å²) in [5.74, 6) is -3.02. The zero-order valence-electron chi connectivity index (χ0n) is 14.8. The Balaban J connectivity index is 1.78. The van der Waals surface area contributed by atoms with E-state index in [1.807, 2.05) is 19.1 Å². The number of methoxy groups -OCH3 is 1. The monoisotopic (exact) mass is 375 g/mol. The van der Waals surface area contributed by atoms with Gasteiger partial charge in [0.05, 0.1) is 7.11 Å². The summed E-state index contributed by atoms with van der Waals surface area (Å²) in [5.41, 5.74) is 1.30. The molecule has 0 saturated carbocycles. The van der Waals surface area contributed by atoms with Crippen molar-refractivity contribution < 1.29 is 23.1 Å². The Morgan fingerprint density at radius 2 is 1.81 bits per heavy atom. The predicted molar refractivity (Wildman–Crippen MR) is 95.8 cm³/mol. The third kappa shape index (κ3) is 3.99. The van der Waals surface area contributed by atoms with Crippen LogP contribution in [0.5, 0.6) is 5.75 Å². The number of anilines is 1. The lowest BCUT2D eigenvalue weighted by Gasteiger charge is -2.20. The van der Waals surface area contributed by atoms with Crippen LogP contribution in [0, 0.1) is 18.6 Å². The molecule has 0 unspecified atom stereocenters. The number of nitrogens with one attached hydrogen (secondary N) is 3. The largest absolute Gasteiger partial charge is 0.497 e. The lowest BCUT2D eigenvalue weighted by atomic mass is 9.93. The first-order valence-corrected chi connectivity index (χ1v) is 8.34. The second-order valence-corrected chi connectivity index (χ2v) is 6.30. The first-order chi connectivity index (χ1) is 12.9. The Bertz CT molecular complexity index is 848. The summed E-state index contributed by atoms with van der Waals surface area (Å²) >= 11 is 0. The molecule has 2 aromatic carbocycles. The van der Waals surface area contributed by atoms with E-state index in [0.29, 0.717) is 5.69 Å². The van der Waals surface area contributed by atoms with E-state index in [0.717, 1.165) is 17.7 Å². The molecule has 27 heavy (non-hydrogen) atoms. The number of halogens is 2. The van der Waals surface area contributed by atoms with Crippen LogP contribution in [0.3, 0.4) is 0 Å². The molecule has 2 atom stereocenters. The molecular weight excluding hydrogens is 356 g/mol. The van der Waals surface area contributed by atoms with Gasteiger partial charge in [-0.05, 0) is 19.1 Å². The van der Waals surface area contributed by atoms with E-state index in [9.17, 15) is 18.4 Å². The molecule has 0 radical (unpaired) electrons. The Hall–Kier alpha value is -3.16. The van der Waals surface area contributed by atoms with Crippen LogP contribution in [-0.4, -0.2) is 31.6 Å². The Labute approximate surface area is 154 Å². The summed E-state index contributed by atoms with van der Waals surface area (Å²) in [4.78, 5) is 24.3. The summed E-state index contributed by atoms with van der Waals surface area (Å²) in [7, 11) is 1.30. The smallest absolute Gasteiger partial charge is 0.319 e. The molecule has 1 aliphatic heterocycles. The zero-order chi connectivity index (χ0) is 19.6. The molecule has 1 aliphatic rings. The van der Waals surface area contributed by atoms with Crippen LogP contribution in [0.4, 0.5) is 19.3 Å². The zero-order valence-corrected chi connectivity index (χ0v) is 14.8. The average Bonchev–Trinajstić information content (AvgIpc) is 2.97. The fourth-order valence-corrected chi connectivity index (χ4v) is 3.03. The normalized spacial score (nSPS) is 18.7. The first kappa shape index (κ1) is 18.6. The number of carbonyl (C=O) groups is 2. The SMILES string of the molecule is COc1cc(F)c([C@@H]2CNC(=O)[C@@H]2NC(=O)Nc2ccc(C)cc2)c(F)c1. The number of carbonyl (C=O) groups excluding carboxylic acids is 2. The second kappa shape index (κ2) is 7.61. The lowest BCUT2D eigenvalue weighted by Crippen LogP contribution is -2.45. The van der Waals surface area contributed by atoms with Crippen LogP contribution < -0.4 is 20.7 Å². The van der Waals surface area contributed by atoms with Gasteiger partial charge < -0.3 is 20.7 Å². The van der Waals surface area contributed by atoms with Crippen molar-refractivity contribution in [3.63, 3.8) is 0 Å². The first-order valence-electron chi connectivity index (χ1n) is 8.34. The number of benzene rings is 2. The van der Waals surface area contributed by atoms with Crippen LogP contribution in [0.1, 0.15) is 17.0 Å². The molecular formula is C19H19F2N3O3. The van der Waals surface area contributed by atoms with Crippen molar-refractivity contribution in [3.8, 4) is 5.75 Å². The molecule has 0 aromatic heterocycles.